The topological polar surface area (TPSA) is 46.6 Å². The van der Waals surface area contributed by atoms with Crippen LogP contribution in [0.1, 0.15) is 6.42 Å². The molecule has 3 atom stereocenters. The van der Waals surface area contributed by atoms with Crippen molar-refractivity contribution in [1.82, 2.24) is 4.90 Å². The Morgan fingerprint density at radius 3 is 3.08 bits per heavy atom. The van der Waals surface area contributed by atoms with Crippen molar-refractivity contribution in [2.75, 3.05) is 13.6 Å². The Kier molecular flexibility index (Phi) is 1.65. The maximum absolute atomic E-state index is 10.9. The Bertz CT molecular complexity index is 228. The van der Waals surface area contributed by atoms with Gasteiger partial charge < -0.3 is 9.53 Å². The number of ether oxygens (including phenoxy) is 1. The van der Waals surface area contributed by atoms with Crippen LogP contribution in [-0.2, 0) is 14.3 Å². The van der Waals surface area contributed by atoms with Gasteiger partial charge in [0.15, 0.2) is 0 Å². The number of esters is 1. The molecular weight excluding hydrogens is 158 g/mol. The van der Waals surface area contributed by atoms with Crippen LogP contribution in [-0.4, -0.2) is 42.9 Å². The molecule has 0 saturated carbocycles. The number of fused-ring (bicyclic) bond motifs is 1. The van der Waals surface area contributed by atoms with Crippen molar-refractivity contribution >= 4 is 12.3 Å². The number of carbonyl (C=O) groups is 2. The molecule has 12 heavy (non-hydrogen) atoms. The van der Waals surface area contributed by atoms with Crippen LogP contribution < -0.4 is 0 Å². The number of rotatable bonds is 1. The number of hydrogen-bond donors (Lipinski definition) is 0. The normalized spacial score (nSPS) is 41.1. The number of hydrogen-bond acceptors (Lipinski definition) is 4. The average molecular weight is 169 g/mol. The summed E-state index contributed by atoms with van der Waals surface area (Å²) < 4.78 is 5.05. The van der Waals surface area contributed by atoms with Crippen molar-refractivity contribution in [1.29, 1.82) is 0 Å². The summed E-state index contributed by atoms with van der Waals surface area (Å²) in [4.78, 5) is 23.5. The highest BCUT2D eigenvalue weighted by atomic mass is 16.6. The minimum Gasteiger partial charge on any atom is -0.461 e. The molecule has 2 aliphatic rings. The van der Waals surface area contributed by atoms with Crippen molar-refractivity contribution < 1.29 is 14.3 Å². The lowest BCUT2D eigenvalue weighted by molar-refractivity contribution is -0.141. The Morgan fingerprint density at radius 1 is 1.67 bits per heavy atom. The fourth-order valence-corrected chi connectivity index (χ4v) is 2.08. The number of nitrogens with zero attached hydrogens (tertiary/aromatic N) is 1. The maximum atomic E-state index is 10.9. The van der Waals surface area contributed by atoms with Gasteiger partial charge >= 0.3 is 5.97 Å². The first kappa shape index (κ1) is 7.73. The van der Waals surface area contributed by atoms with E-state index in [2.05, 4.69) is 0 Å². The van der Waals surface area contributed by atoms with Crippen LogP contribution in [0.5, 0.6) is 0 Å². The molecule has 0 aliphatic carbocycles. The monoisotopic (exact) mass is 169 g/mol. The van der Waals surface area contributed by atoms with Gasteiger partial charge in [-0.2, -0.15) is 0 Å². The molecule has 0 N–H and O–H groups in total. The number of likely N-dealkylation sites (N-methyl/N-ethyl adjacent to an activating group) is 1. The van der Waals surface area contributed by atoms with Gasteiger partial charge in [0.2, 0.25) is 0 Å². The van der Waals surface area contributed by atoms with Gasteiger partial charge in [0.05, 0.1) is 12.5 Å². The number of likely N-dealkylation sites (tertiary alicyclic amines) is 1. The second-order valence-corrected chi connectivity index (χ2v) is 3.46. The average Bonchev–Trinajstić information content (AvgIpc) is 2.43. The molecule has 2 saturated heterocycles. The van der Waals surface area contributed by atoms with Crippen LogP contribution in [0.15, 0.2) is 0 Å². The van der Waals surface area contributed by atoms with Gasteiger partial charge in [0, 0.05) is 12.5 Å². The molecule has 0 aromatic carbocycles. The molecule has 2 fully saturated rings. The van der Waals surface area contributed by atoms with E-state index in [0.29, 0.717) is 13.0 Å². The predicted molar refractivity (Wildman–Crippen MR) is 40.5 cm³/mol. The smallest absolute Gasteiger partial charge is 0.306 e. The Labute approximate surface area is 70.5 Å². The second-order valence-electron chi connectivity index (χ2n) is 3.46. The Balaban J connectivity index is 2.16. The van der Waals surface area contributed by atoms with Gasteiger partial charge in [-0.15, -0.1) is 0 Å². The van der Waals surface area contributed by atoms with Crippen LogP contribution >= 0.6 is 0 Å². The minimum absolute atomic E-state index is 0.0438. The summed E-state index contributed by atoms with van der Waals surface area (Å²) in [6.07, 6.45) is 1.27. The summed E-state index contributed by atoms with van der Waals surface area (Å²) in [5.74, 6) is -0.0649. The largest absolute Gasteiger partial charge is 0.461 e. The lowest BCUT2D eigenvalue weighted by atomic mass is 9.98. The SMILES string of the molecule is CN1CC2OC(=O)CC2C1C=O. The van der Waals surface area contributed by atoms with E-state index in [1.54, 1.807) is 0 Å². The summed E-state index contributed by atoms with van der Waals surface area (Å²) in [6, 6.07) is -0.124. The minimum atomic E-state index is -0.162. The van der Waals surface area contributed by atoms with Crippen molar-refractivity contribution in [2.45, 2.75) is 18.6 Å². The van der Waals surface area contributed by atoms with E-state index >= 15 is 0 Å². The number of aldehydes is 1. The summed E-state index contributed by atoms with van der Waals surface area (Å²) >= 11 is 0. The third-order valence-corrected chi connectivity index (χ3v) is 2.72. The van der Waals surface area contributed by atoms with Crippen LogP contribution in [0.3, 0.4) is 0 Å². The van der Waals surface area contributed by atoms with Gasteiger partial charge in [-0.25, -0.2) is 0 Å². The zero-order chi connectivity index (χ0) is 8.72. The lowest BCUT2D eigenvalue weighted by Gasteiger charge is -2.15. The first-order valence-corrected chi connectivity index (χ1v) is 4.07. The summed E-state index contributed by atoms with van der Waals surface area (Å²) in [5, 5.41) is 0. The molecule has 66 valence electrons. The third kappa shape index (κ3) is 0.948. The van der Waals surface area contributed by atoms with Gasteiger partial charge in [-0.3, -0.25) is 9.69 Å². The van der Waals surface area contributed by atoms with Crippen molar-refractivity contribution in [3.8, 4) is 0 Å². The molecule has 4 nitrogen and oxygen atoms in total. The lowest BCUT2D eigenvalue weighted by Crippen LogP contribution is -2.31. The van der Waals surface area contributed by atoms with E-state index < -0.39 is 0 Å². The molecule has 0 spiro atoms. The first-order valence-electron chi connectivity index (χ1n) is 4.07. The van der Waals surface area contributed by atoms with E-state index in [4.69, 9.17) is 4.74 Å². The van der Waals surface area contributed by atoms with Crippen LogP contribution in [0, 0.1) is 5.92 Å². The molecular formula is C8H11NO3. The predicted octanol–water partition coefficient (Wildman–Crippen LogP) is -0.569. The molecule has 0 radical (unpaired) electrons. The maximum Gasteiger partial charge on any atom is 0.306 e. The fraction of sp³-hybridized carbons (Fsp3) is 0.750. The first-order chi connectivity index (χ1) is 5.72. The summed E-state index contributed by atoms with van der Waals surface area (Å²) in [5.41, 5.74) is 0. The van der Waals surface area contributed by atoms with Crippen LogP contribution in [0.2, 0.25) is 0 Å². The fourth-order valence-electron chi connectivity index (χ4n) is 2.08. The standard InChI is InChI=1S/C8H11NO3/c1-9-3-7-5(6(9)4-10)2-8(11)12-7/h4-7H,2-3H2,1H3. The molecule has 2 heterocycles. The zero-order valence-corrected chi connectivity index (χ0v) is 6.90. The van der Waals surface area contributed by atoms with E-state index in [1.165, 1.54) is 0 Å². The molecule has 2 rings (SSSR count). The van der Waals surface area contributed by atoms with Crippen LogP contribution in [0.25, 0.3) is 0 Å². The molecule has 0 aromatic heterocycles. The molecule has 4 heteroatoms. The Morgan fingerprint density at radius 2 is 2.42 bits per heavy atom. The van der Waals surface area contributed by atoms with Crippen molar-refractivity contribution in [2.24, 2.45) is 5.92 Å². The van der Waals surface area contributed by atoms with E-state index in [9.17, 15) is 9.59 Å². The van der Waals surface area contributed by atoms with E-state index in [0.717, 1.165) is 6.29 Å². The number of carbonyl (C=O) groups excluding carboxylic acids is 2. The zero-order valence-electron chi connectivity index (χ0n) is 6.90. The van der Waals surface area contributed by atoms with Crippen molar-refractivity contribution in [3.63, 3.8) is 0 Å². The van der Waals surface area contributed by atoms with E-state index in [1.807, 2.05) is 11.9 Å². The molecule has 0 aromatic rings. The van der Waals surface area contributed by atoms with Gasteiger partial charge in [0.1, 0.15) is 12.4 Å². The van der Waals surface area contributed by atoms with Gasteiger partial charge in [-0.1, -0.05) is 0 Å². The third-order valence-electron chi connectivity index (χ3n) is 2.72. The summed E-state index contributed by atoms with van der Waals surface area (Å²) in [7, 11) is 1.88. The van der Waals surface area contributed by atoms with Crippen LogP contribution in [0.4, 0.5) is 0 Å². The molecule has 3 unspecified atom stereocenters. The molecule has 0 amide bonds. The highest BCUT2D eigenvalue weighted by Gasteiger charge is 2.47. The van der Waals surface area contributed by atoms with Crippen molar-refractivity contribution in [3.05, 3.63) is 0 Å². The highest BCUT2D eigenvalue weighted by Crippen LogP contribution is 2.33. The molecule has 0 bridgehead atoms. The summed E-state index contributed by atoms with van der Waals surface area (Å²) in [6.45, 7) is 0.694. The van der Waals surface area contributed by atoms with Gasteiger partial charge in [-0.05, 0) is 7.05 Å². The van der Waals surface area contributed by atoms with Gasteiger partial charge in [0.25, 0.3) is 0 Å². The Hall–Kier alpha value is -0.900. The molecule has 2 aliphatic heterocycles. The second kappa shape index (κ2) is 2.55. The highest BCUT2D eigenvalue weighted by molar-refractivity contribution is 5.74. The quantitative estimate of drug-likeness (QED) is 0.389. The van der Waals surface area contributed by atoms with E-state index in [-0.39, 0.29) is 24.0 Å².